The van der Waals surface area contributed by atoms with Crippen LogP contribution in [0.1, 0.15) is 17.3 Å². The number of ether oxygens (including phenoxy) is 3. The number of amides is 1. The lowest BCUT2D eigenvalue weighted by Crippen LogP contribution is -2.19. The number of nitrogens with zero attached hydrogens (tertiary/aromatic N) is 3. The van der Waals surface area contributed by atoms with Gasteiger partial charge in [-0.25, -0.2) is 0 Å². The number of nitro benzene ring substituents is 1. The molecule has 0 saturated heterocycles. The standard InChI is InChI=1S/C20H21N3O6S/c1-4-29-9-8-22-15-11-16(27-2)17(28-3)12-18(15)30-20(22)21-19(24)13-6-5-7-14(10-13)23(25)26/h5-7,10-12H,4,8-9H2,1-3H3. The average Bonchev–Trinajstić information content (AvgIpc) is 3.08. The number of benzene rings is 2. The van der Waals surface area contributed by atoms with Crippen molar-refractivity contribution in [1.82, 2.24) is 4.57 Å². The van der Waals surface area contributed by atoms with Crippen LogP contribution in [0.15, 0.2) is 41.4 Å². The summed E-state index contributed by atoms with van der Waals surface area (Å²) in [6.07, 6.45) is 0. The normalized spacial score (nSPS) is 11.6. The number of fused-ring (bicyclic) bond motifs is 1. The molecule has 1 aromatic heterocycles. The molecule has 0 N–H and O–H groups in total. The molecule has 3 rings (SSSR count). The van der Waals surface area contributed by atoms with Gasteiger partial charge in [0.2, 0.25) is 0 Å². The van der Waals surface area contributed by atoms with E-state index in [0.717, 1.165) is 10.2 Å². The second kappa shape index (κ2) is 9.51. The Hall–Kier alpha value is -3.24. The van der Waals surface area contributed by atoms with Gasteiger partial charge >= 0.3 is 0 Å². The van der Waals surface area contributed by atoms with Crippen molar-refractivity contribution in [2.24, 2.45) is 4.99 Å². The molecule has 0 unspecified atom stereocenters. The quantitative estimate of drug-likeness (QED) is 0.307. The van der Waals surface area contributed by atoms with E-state index < -0.39 is 10.8 Å². The third-order valence-electron chi connectivity index (χ3n) is 4.35. The van der Waals surface area contributed by atoms with Crippen LogP contribution in [-0.2, 0) is 11.3 Å². The molecular formula is C20H21N3O6S. The molecule has 0 spiro atoms. The zero-order chi connectivity index (χ0) is 21.7. The third kappa shape index (κ3) is 4.50. The third-order valence-corrected chi connectivity index (χ3v) is 5.39. The van der Waals surface area contributed by atoms with Crippen LogP contribution in [0, 0.1) is 10.1 Å². The van der Waals surface area contributed by atoms with E-state index in [2.05, 4.69) is 4.99 Å². The average molecular weight is 431 g/mol. The van der Waals surface area contributed by atoms with Crippen molar-refractivity contribution in [1.29, 1.82) is 0 Å². The second-order valence-electron chi connectivity index (χ2n) is 6.13. The van der Waals surface area contributed by atoms with Crippen molar-refractivity contribution in [3.8, 4) is 11.5 Å². The van der Waals surface area contributed by atoms with E-state index in [9.17, 15) is 14.9 Å². The van der Waals surface area contributed by atoms with Crippen LogP contribution in [0.2, 0.25) is 0 Å². The minimum atomic E-state index is -0.561. The zero-order valence-corrected chi connectivity index (χ0v) is 17.6. The van der Waals surface area contributed by atoms with Gasteiger partial charge in [0.25, 0.3) is 11.6 Å². The maximum Gasteiger partial charge on any atom is 0.279 e. The van der Waals surface area contributed by atoms with Crippen LogP contribution in [-0.4, -0.2) is 42.8 Å². The van der Waals surface area contributed by atoms with E-state index >= 15 is 0 Å². The highest BCUT2D eigenvalue weighted by atomic mass is 32.1. The van der Waals surface area contributed by atoms with Gasteiger partial charge < -0.3 is 18.8 Å². The molecule has 2 aromatic carbocycles. The number of nitro groups is 1. The van der Waals surface area contributed by atoms with Gasteiger partial charge in [-0.2, -0.15) is 4.99 Å². The van der Waals surface area contributed by atoms with Crippen LogP contribution >= 0.6 is 11.3 Å². The molecule has 10 heteroatoms. The van der Waals surface area contributed by atoms with E-state index in [1.807, 2.05) is 23.6 Å². The fourth-order valence-corrected chi connectivity index (χ4v) is 3.97. The van der Waals surface area contributed by atoms with E-state index in [1.165, 1.54) is 35.6 Å². The Kier molecular flexibility index (Phi) is 6.80. The summed E-state index contributed by atoms with van der Waals surface area (Å²) in [4.78, 5) is 27.9. The molecule has 0 aliphatic heterocycles. The molecule has 0 radical (unpaired) electrons. The van der Waals surface area contributed by atoms with Crippen LogP contribution in [0.3, 0.4) is 0 Å². The fraction of sp³-hybridized carbons (Fsp3) is 0.300. The van der Waals surface area contributed by atoms with E-state index in [0.29, 0.717) is 36.1 Å². The highest BCUT2D eigenvalue weighted by Gasteiger charge is 2.15. The Bertz CT molecular complexity index is 1150. The molecular weight excluding hydrogens is 410 g/mol. The van der Waals surface area contributed by atoms with Gasteiger partial charge in [-0.15, -0.1) is 0 Å². The van der Waals surface area contributed by atoms with Crippen molar-refractivity contribution in [2.45, 2.75) is 13.5 Å². The first-order valence-corrected chi connectivity index (χ1v) is 9.96. The second-order valence-corrected chi connectivity index (χ2v) is 7.14. The Morgan fingerprint density at radius 3 is 2.60 bits per heavy atom. The van der Waals surface area contributed by atoms with Crippen LogP contribution < -0.4 is 14.3 Å². The number of hydrogen-bond donors (Lipinski definition) is 0. The lowest BCUT2D eigenvalue weighted by molar-refractivity contribution is -0.384. The highest BCUT2D eigenvalue weighted by Crippen LogP contribution is 2.33. The van der Waals surface area contributed by atoms with E-state index in [1.54, 1.807) is 14.2 Å². The number of carbonyl (C=O) groups excluding carboxylic acids is 1. The molecule has 1 heterocycles. The summed E-state index contributed by atoms with van der Waals surface area (Å²) in [5.41, 5.74) is 0.808. The predicted molar refractivity (Wildman–Crippen MR) is 112 cm³/mol. The Morgan fingerprint density at radius 1 is 1.20 bits per heavy atom. The molecule has 0 aliphatic carbocycles. The van der Waals surface area contributed by atoms with Crippen molar-refractivity contribution < 1.29 is 23.9 Å². The van der Waals surface area contributed by atoms with Crippen LogP contribution in [0.4, 0.5) is 5.69 Å². The number of methoxy groups -OCH3 is 2. The van der Waals surface area contributed by atoms with Crippen LogP contribution in [0.25, 0.3) is 10.2 Å². The highest BCUT2D eigenvalue weighted by molar-refractivity contribution is 7.16. The summed E-state index contributed by atoms with van der Waals surface area (Å²) in [6, 6.07) is 9.17. The summed E-state index contributed by atoms with van der Waals surface area (Å²) >= 11 is 1.31. The molecule has 158 valence electrons. The van der Waals surface area contributed by atoms with Gasteiger partial charge in [0.05, 0.1) is 36.0 Å². The van der Waals surface area contributed by atoms with Gasteiger partial charge in [-0.3, -0.25) is 14.9 Å². The smallest absolute Gasteiger partial charge is 0.279 e. The van der Waals surface area contributed by atoms with Gasteiger partial charge in [0.1, 0.15) is 0 Å². The summed E-state index contributed by atoms with van der Waals surface area (Å²) < 4.78 is 19.0. The number of thiazole rings is 1. The first kappa shape index (κ1) is 21.5. The van der Waals surface area contributed by atoms with Gasteiger partial charge in [-0.1, -0.05) is 17.4 Å². The first-order valence-electron chi connectivity index (χ1n) is 9.15. The summed E-state index contributed by atoms with van der Waals surface area (Å²) in [6.45, 7) is 3.39. The summed E-state index contributed by atoms with van der Waals surface area (Å²) in [5.74, 6) is 0.568. The topological polar surface area (TPSA) is 105 Å². The SMILES string of the molecule is CCOCCn1c(=NC(=O)c2cccc([N+](=O)[O-])c2)sc2cc(OC)c(OC)cc21. The Balaban J connectivity index is 2.12. The largest absolute Gasteiger partial charge is 0.493 e. The maximum atomic E-state index is 12.7. The molecule has 0 bridgehead atoms. The number of carbonyl (C=O) groups is 1. The van der Waals surface area contributed by atoms with Gasteiger partial charge in [0.15, 0.2) is 16.3 Å². The van der Waals surface area contributed by atoms with Crippen molar-refractivity contribution in [2.75, 3.05) is 27.4 Å². The van der Waals surface area contributed by atoms with Gasteiger partial charge in [0, 0.05) is 43.0 Å². The molecule has 0 fully saturated rings. The molecule has 9 nitrogen and oxygen atoms in total. The lowest BCUT2D eigenvalue weighted by atomic mass is 10.2. The minimum Gasteiger partial charge on any atom is -0.493 e. The molecule has 30 heavy (non-hydrogen) atoms. The summed E-state index contributed by atoms with van der Waals surface area (Å²) in [7, 11) is 3.11. The maximum absolute atomic E-state index is 12.7. The summed E-state index contributed by atoms with van der Waals surface area (Å²) in [5, 5.41) is 11.0. The number of aromatic nitrogens is 1. The zero-order valence-electron chi connectivity index (χ0n) is 16.8. The number of hydrogen-bond acceptors (Lipinski definition) is 7. The van der Waals surface area contributed by atoms with Crippen LogP contribution in [0.5, 0.6) is 11.5 Å². The minimum absolute atomic E-state index is 0.146. The molecule has 1 amide bonds. The molecule has 0 atom stereocenters. The van der Waals surface area contributed by atoms with E-state index in [-0.39, 0.29) is 11.3 Å². The lowest BCUT2D eigenvalue weighted by Gasteiger charge is -2.09. The predicted octanol–water partition coefficient (Wildman–Crippen LogP) is 3.41. The van der Waals surface area contributed by atoms with Crippen molar-refractivity contribution in [3.63, 3.8) is 0 Å². The van der Waals surface area contributed by atoms with Crippen molar-refractivity contribution >= 4 is 33.1 Å². The van der Waals surface area contributed by atoms with Crippen molar-refractivity contribution in [3.05, 3.63) is 56.9 Å². The van der Waals surface area contributed by atoms with E-state index in [4.69, 9.17) is 14.2 Å². The van der Waals surface area contributed by atoms with Gasteiger partial charge in [-0.05, 0) is 13.0 Å². The fourth-order valence-electron chi connectivity index (χ4n) is 2.90. The monoisotopic (exact) mass is 431 g/mol. The Morgan fingerprint density at radius 2 is 1.93 bits per heavy atom. The molecule has 0 aliphatic rings. The first-order chi connectivity index (χ1) is 14.5. The molecule has 3 aromatic rings. The number of non-ortho nitro benzene ring substituents is 1. The number of rotatable bonds is 8. The Labute approximate surface area is 176 Å². The molecule has 0 saturated carbocycles.